The van der Waals surface area contributed by atoms with Crippen LogP contribution in [0.2, 0.25) is 0 Å². The molecule has 140 valence electrons. The molecule has 0 unspecified atom stereocenters. The van der Waals surface area contributed by atoms with E-state index in [1.54, 1.807) is 11.5 Å². The minimum absolute atomic E-state index is 0.0324. The number of aromatic nitrogens is 4. The summed E-state index contributed by atoms with van der Waals surface area (Å²) in [4.78, 5) is 25.6. The van der Waals surface area contributed by atoms with E-state index in [2.05, 4.69) is 10.2 Å². The fourth-order valence-corrected chi connectivity index (χ4v) is 2.80. The highest BCUT2D eigenvalue weighted by Gasteiger charge is 2.39. The first-order chi connectivity index (χ1) is 12.2. The van der Waals surface area contributed by atoms with Gasteiger partial charge in [-0.25, -0.2) is 0 Å². The van der Waals surface area contributed by atoms with Gasteiger partial charge in [-0.2, -0.15) is 13.2 Å². The third kappa shape index (κ3) is 3.28. The Morgan fingerprint density at radius 2 is 2.04 bits per heavy atom. The van der Waals surface area contributed by atoms with Crippen LogP contribution >= 0.6 is 0 Å². The molecule has 8 nitrogen and oxygen atoms in total. The molecule has 0 fully saturated rings. The van der Waals surface area contributed by atoms with Gasteiger partial charge in [0.2, 0.25) is 17.2 Å². The number of rotatable bonds is 3. The zero-order valence-electron chi connectivity index (χ0n) is 14.1. The summed E-state index contributed by atoms with van der Waals surface area (Å²) in [5, 5.41) is 6.74. The highest BCUT2D eigenvalue weighted by atomic mass is 19.4. The van der Waals surface area contributed by atoms with Crippen LogP contribution < -0.4 is 10.2 Å². The highest BCUT2D eigenvalue weighted by molar-refractivity contribution is 5.76. The topological polar surface area (TPSA) is 82.2 Å². The Morgan fingerprint density at radius 3 is 2.69 bits per heavy atom. The van der Waals surface area contributed by atoms with Crippen LogP contribution in [0.15, 0.2) is 17.1 Å². The summed E-state index contributed by atoms with van der Waals surface area (Å²) in [6.07, 6.45) is -3.15. The number of amides is 1. The summed E-state index contributed by atoms with van der Waals surface area (Å²) < 4.78 is 46.1. The zero-order chi connectivity index (χ0) is 19.1. The number of halogens is 3. The van der Waals surface area contributed by atoms with E-state index in [1.807, 2.05) is 0 Å². The smallest absolute Gasteiger partial charge is 0.451 e. The Kier molecular flexibility index (Phi) is 4.46. The van der Waals surface area contributed by atoms with Gasteiger partial charge in [0.25, 0.3) is 0 Å². The van der Waals surface area contributed by atoms with Gasteiger partial charge < -0.3 is 18.8 Å². The molecule has 0 N–H and O–H groups in total. The molecule has 11 heteroatoms. The van der Waals surface area contributed by atoms with Crippen molar-refractivity contribution in [3.63, 3.8) is 0 Å². The standard InChI is InChI=1S/C15H16F3N5O3/c1-9-5-10(24)11(26-2)6-22(9)8-13(25)21-3-4-23-12(7-21)19-20-14(23)15(16,17)18/h5-6H,3-4,7-8H2,1-2H3. The molecule has 3 heterocycles. The number of hydrogen-bond acceptors (Lipinski definition) is 5. The third-order valence-corrected chi connectivity index (χ3v) is 4.19. The normalized spacial score (nSPS) is 14.3. The second-order valence-electron chi connectivity index (χ2n) is 5.88. The molecule has 0 saturated carbocycles. The molecule has 0 aliphatic carbocycles. The van der Waals surface area contributed by atoms with E-state index in [0.717, 1.165) is 4.57 Å². The minimum atomic E-state index is -4.58. The van der Waals surface area contributed by atoms with E-state index in [0.29, 0.717) is 5.69 Å². The van der Waals surface area contributed by atoms with Crippen LogP contribution in [-0.2, 0) is 30.6 Å². The Balaban J connectivity index is 1.77. The predicted octanol–water partition coefficient (Wildman–Crippen LogP) is 0.818. The first kappa shape index (κ1) is 18.0. The van der Waals surface area contributed by atoms with Gasteiger partial charge in [0.05, 0.1) is 19.9 Å². The number of carbonyl (C=O) groups excluding carboxylic acids is 1. The number of hydrogen-bond donors (Lipinski definition) is 0. The van der Waals surface area contributed by atoms with Crippen molar-refractivity contribution in [2.45, 2.75) is 32.7 Å². The third-order valence-electron chi connectivity index (χ3n) is 4.19. The fraction of sp³-hybridized carbons (Fsp3) is 0.467. The molecule has 0 aromatic carbocycles. The molecule has 26 heavy (non-hydrogen) atoms. The van der Waals surface area contributed by atoms with Crippen LogP contribution in [0.25, 0.3) is 0 Å². The molecule has 0 radical (unpaired) electrons. The summed E-state index contributed by atoms with van der Waals surface area (Å²) in [6, 6.07) is 1.36. The molecular weight excluding hydrogens is 355 g/mol. The molecule has 1 amide bonds. The Bertz CT molecular complexity index is 903. The quantitative estimate of drug-likeness (QED) is 0.798. The van der Waals surface area contributed by atoms with E-state index in [1.165, 1.54) is 24.3 Å². The van der Waals surface area contributed by atoms with E-state index in [4.69, 9.17) is 4.74 Å². The summed E-state index contributed by atoms with van der Waals surface area (Å²) in [6.45, 7) is 1.64. The number of carbonyl (C=O) groups is 1. The zero-order valence-corrected chi connectivity index (χ0v) is 14.1. The molecule has 2 aromatic heterocycles. The van der Waals surface area contributed by atoms with E-state index >= 15 is 0 Å². The lowest BCUT2D eigenvalue weighted by Crippen LogP contribution is -2.41. The van der Waals surface area contributed by atoms with Crippen molar-refractivity contribution in [1.29, 1.82) is 0 Å². The van der Waals surface area contributed by atoms with Gasteiger partial charge in [-0.1, -0.05) is 0 Å². The predicted molar refractivity (Wildman–Crippen MR) is 82.4 cm³/mol. The maximum atomic E-state index is 12.9. The minimum Gasteiger partial charge on any atom is -0.491 e. The maximum absolute atomic E-state index is 12.9. The van der Waals surface area contributed by atoms with Crippen LogP contribution in [0.1, 0.15) is 17.3 Å². The number of pyridine rings is 1. The Morgan fingerprint density at radius 1 is 1.31 bits per heavy atom. The Labute approximate surface area is 145 Å². The SMILES string of the molecule is COc1cn(CC(=O)N2CCn3c(nnc3C(F)(F)F)C2)c(C)cc1=O. The first-order valence-corrected chi connectivity index (χ1v) is 7.73. The lowest BCUT2D eigenvalue weighted by Gasteiger charge is -2.28. The van der Waals surface area contributed by atoms with Gasteiger partial charge in [0.15, 0.2) is 11.6 Å². The van der Waals surface area contributed by atoms with Gasteiger partial charge in [0.1, 0.15) is 6.54 Å². The van der Waals surface area contributed by atoms with Gasteiger partial charge in [-0.05, 0) is 6.92 Å². The molecule has 1 aliphatic heterocycles. The Hall–Kier alpha value is -2.85. The van der Waals surface area contributed by atoms with Crippen molar-refractivity contribution in [2.75, 3.05) is 13.7 Å². The van der Waals surface area contributed by atoms with Crippen LogP contribution in [0.4, 0.5) is 13.2 Å². The molecule has 0 saturated heterocycles. The molecule has 0 bridgehead atoms. The summed E-state index contributed by atoms with van der Waals surface area (Å²) in [7, 11) is 1.36. The molecule has 1 aliphatic rings. The highest BCUT2D eigenvalue weighted by Crippen LogP contribution is 2.29. The van der Waals surface area contributed by atoms with Crippen molar-refractivity contribution in [1.82, 2.24) is 24.2 Å². The van der Waals surface area contributed by atoms with Gasteiger partial charge in [0, 0.05) is 24.8 Å². The van der Waals surface area contributed by atoms with E-state index < -0.39 is 12.0 Å². The van der Waals surface area contributed by atoms with Crippen molar-refractivity contribution < 1.29 is 22.7 Å². The van der Waals surface area contributed by atoms with Crippen molar-refractivity contribution in [2.24, 2.45) is 0 Å². The molecule has 0 atom stereocenters. The van der Waals surface area contributed by atoms with Gasteiger partial charge >= 0.3 is 6.18 Å². The monoisotopic (exact) mass is 371 g/mol. The van der Waals surface area contributed by atoms with E-state index in [9.17, 15) is 22.8 Å². The molecular formula is C15H16F3N5O3. The second kappa shape index (κ2) is 6.46. The molecule has 2 aromatic rings. The summed E-state index contributed by atoms with van der Waals surface area (Å²) in [5.41, 5.74) is 0.281. The van der Waals surface area contributed by atoms with Gasteiger partial charge in [-0.3, -0.25) is 9.59 Å². The van der Waals surface area contributed by atoms with Crippen LogP contribution in [0, 0.1) is 6.92 Å². The van der Waals surface area contributed by atoms with Crippen LogP contribution in [0.3, 0.4) is 0 Å². The molecule has 0 spiro atoms. The number of fused-ring (bicyclic) bond motifs is 1. The first-order valence-electron chi connectivity index (χ1n) is 7.73. The van der Waals surface area contributed by atoms with Crippen molar-refractivity contribution in [3.8, 4) is 5.75 Å². The molecule has 3 rings (SSSR count). The maximum Gasteiger partial charge on any atom is 0.451 e. The second-order valence-corrected chi connectivity index (χ2v) is 5.88. The number of ether oxygens (including phenoxy) is 1. The van der Waals surface area contributed by atoms with Crippen molar-refractivity contribution >= 4 is 5.91 Å². The van der Waals surface area contributed by atoms with E-state index in [-0.39, 0.29) is 49.1 Å². The fourth-order valence-electron chi connectivity index (χ4n) is 2.80. The average Bonchev–Trinajstić information content (AvgIpc) is 3.00. The lowest BCUT2D eigenvalue weighted by atomic mass is 10.3. The largest absolute Gasteiger partial charge is 0.491 e. The average molecular weight is 371 g/mol. The van der Waals surface area contributed by atoms with Crippen LogP contribution in [-0.4, -0.2) is 43.8 Å². The van der Waals surface area contributed by atoms with Crippen LogP contribution in [0.5, 0.6) is 5.75 Å². The number of nitrogens with zero attached hydrogens (tertiary/aromatic N) is 5. The number of aryl methyl sites for hydroxylation is 1. The lowest BCUT2D eigenvalue weighted by molar-refractivity contribution is -0.148. The van der Waals surface area contributed by atoms with Crippen molar-refractivity contribution in [3.05, 3.63) is 39.8 Å². The number of alkyl halides is 3. The summed E-state index contributed by atoms with van der Waals surface area (Å²) >= 11 is 0. The summed E-state index contributed by atoms with van der Waals surface area (Å²) in [5.74, 6) is -1.16. The number of methoxy groups -OCH3 is 1. The van der Waals surface area contributed by atoms with Gasteiger partial charge in [-0.15, -0.1) is 10.2 Å².